The van der Waals surface area contributed by atoms with Gasteiger partial charge in [0.1, 0.15) is 24.4 Å². The second kappa shape index (κ2) is 60.3. The summed E-state index contributed by atoms with van der Waals surface area (Å²) in [6.07, 6.45) is 68.3. The van der Waals surface area contributed by atoms with E-state index in [0.717, 1.165) is 57.8 Å². The number of hydrogen-bond donors (Lipinski definition) is 6. The molecule has 0 aromatic heterocycles. The number of carbonyl (C=O) groups is 2. The minimum atomic E-state index is -1.58. The normalized spacial score (nSPS) is 18.5. The Morgan fingerprint density at radius 1 is 0.439 bits per heavy atom. The predicted octanol–water partition coefficient (Wildman–Crippen LogP) is 17.6. The van der Waals surface area contributed by atoms with Crippen LogP contribution in [0.15, 0.2) is 48.6 Å². The highest BCUT2D eigenvalue weighted by Crippen LogP contribution is 2.23. The molecule has 0 spiro atoms. The van der Waals surface area contributed by atoms with Gasteiger partial charge in [-0.05, 0) is 89.9 Å². The molecule has 0 saturated carbocycles. The lowest BCUT2D eigenvalue weighted by atomic mass is 9.99. The summed E-state index contributed by atoms with van der Waals surface area (Å²) in [5.74, 6) is -0.191. The van der Waals surface area contributed by atoms with Crippen LogP contribution in [0.1, 0.15) is 328 Å². The fraction of sp³-hybridized carbons (Fsp3) is 0.859. The van der Waals surface area contributed by atoms with E-state index in [-0.39, 0.29) is 18.5 Å². The van der Waals surface area contributed by atoms with E-state index in [1.165, 1.54) is 244 Å². The topological polar surface area (TPSA) is 175 Å². The molecular weight excluding hydrogens is 1030 g/mol. The molecule has 6 N–H and O–H groups in total. The predicted molar refractivity (Wildman–Crippen MR) is 343 cm³/mol. The number of unbranched alkanes of at least 4 members (excludes halogenated alkanes) is 41. The molecule has 1 aliphatic rings. The number of nitrogens with one attached hydrogen (secondary N) is 1. The molecule has 1 amide bonds. The summed E-state index contributed by atoms with van der Waals surface area (Å²) in [5.41, 5.74) is 0. The van der Waals surface area contributed by atoms with E-state index < -0.39 is 49.5 Å². The Morgan fingerprint density at radius 3 is 1.24 bits per heavy atom. The number of ether oxygens (including phenoxy) is 3. The summed E-state index contributed by atoms with van der Waals surface area (Å²) in [4.78, 5) is 25.0. The van der Waals surface area contributed by atoms with Crippen LogP contribution >= 0.6 is 0 Å². The monoisotopic (exact) mass is 1160 g/mol. The van der Waals surface area contributed by atoms with Gasteiger partial charge in [0.25, 0.3) is 0 Å². The molecule has 0 aliphatic carbocycles. The molecule has 82 heavy (non-hydrogen) atoms. The van der Waals surface area contributed by atoms with Crippen LogP contribution in [0.4, 0.5) is 0 Å². The standard InChI is InChI=1S/C71H131NO10/c1-3-5-7-9-11-13-37-41-45-49-53-57-64(74)63(62-81-71-70(79)69(78)68(77)65(61-73)82-71)72-66(75)58-54-50-46-42-39-35-33-31-29-27-25-23-21-19-17-15-16-18-20-22-24-26-28-30-32-34-36-40-44-48-52-56-60-80-67(76)59-55-51-47-43-38-14-12-10-8-6-4-2/h10,12,18,20,37,41,53,57,63-65,68-71,73-74,77-79H,3-9,11,13-17,19,21-36,38-40,42-52,54-56,58-62H2,1-2H3,(H,72,75)/b12-10-,20-18-,41-37+,57-53+. The molecule has 11 heteroatoms. The van der Waals surface area contributed by atoms with Gasteiger partial charge in [-0.15, -0.1) is 0 Å². The second-order valence-corrected chi connectivity index (χ2v) is 24.2. The molecule has 1 rings (SSSR count). The zero-order valence-corrected chi connectivity index (χ0v) is 53.2. The Labute approximate surface area is 504 Å². The Kier molecular flexibility index (Phi) is 57.1. The molecule has 7 atom stereocenters. The molecule has 1 aliphatic heterocycles. The molecule has 1 heterocycles. The van der Waals surface area contributed by atoms with E-state index in [2.05, 4.69) is 55.6 Å². The van der Waals surface area contributed by atoms with Crippen LogP contribution in [0.2, 0.25) is 0 Å². The molecule has 1 saturated heterocycles. The second-order valence-electron chi connectivity index (χ2n) is 24.2. The number of aliphatic hydroxyl groups is 5. The van der Waals surface area contributed by atoms with Gasteiger partial charge in [0.2, 0.25) is 5.91 Å². The van der Waals surface area contributed by atoms with Crippen LogP contribution in [0.3, 0.4) is 0 Å². The van der Waals surface area contributed by atoms with E-state index >= 15 is 0 Å². The molecular formula is C71H131NO10. The van der Waals surface area contributed by atoms with Crippen LogP contribution in [-0.4, -0.2) is 100 Å². The number of esters is 1. The van der Waals surface area contributed by atoms with E-state index in [4.69, 9.17) is 14.2 Å². The Balaban J connectivity index is 1.95. The third-order valence-electron chi connectivity index (χ3n) is 16.4. The minimum absolute atomic E-state index is 0.000896. The van der Waals surface area contributed by atoms with Crippen molar-refractivity contribution >= 4 is 11.9 Å². The van der Waals surface area contributed by atoms with Gasteiger partial charge in [-0.1, -0.05) is 274 Å². The number of aliphatic hydroxyl groups excluding tert-OH is 5. The first-order valence-corrected chi connectivity index (χ1v) is 34.9. The fourth-order valence-corrected chi connectivity index (χ4v) is 10.8. The van der Waals surface area contributed by atoms with E-state index in [0.29, 0.717) is 19.4 Å². The van der Waals surface area contributed by atoms with Crippen molar-refractivity contribution < 1.29 is 49.3 Å². The maximum absolute atomic E-state index is 13.0. The Hall–Kier alpha value is -2.38. The molecule has 480 valence electrons. The lowest BCUT2D eigenvalue weighted by molar-refractivity contribution is -0.302. The highest BCUT2D eigenvalue weighted by Gasteiger charge is 2.44. The maximum atomic E-state index is 13.0. The van der Waals surface area contributed by atoms with Crippen molar-refractivity contribution in [1.82, 2.24) is 5.32 Å². The summed E-state index contributed by atoms with van der Waals surface area (Å²) in [6, 6.07) is -0.825. The molecule has 0 aromatic rings. The first-order valence-electron chi connectivity index (χ1n) is 34.9. The van der Waals surface area contributed by atoms with E-state index in [1.54, 1.807) is 6.08 Å². The zero-order chi connectivity index (χ0) is 59.5. The quantitative estimate of drug-likeness (QED) is 0.0195. The van der Waals surface area contributed by atoms with Gasteiger partial charge in [-0.2, -0.15) is 0 Å². The van der Waals surface area contributed by atoms with Crippen LogP contribution in [0, 0.1) is 0 Å². The van der Waals surface area contributed by atoms with Gasteiger partial charge >= 0.3 is 5.97 Å². The van der Waals surface area contributed by atoms with Gasteiger partial charge < -0.3 is 45.1 Å². The first-order chi connectivity index (χ1) is 40.2. The smallest absolute Gasteiger partial charge is 0.305 e. The van der Waals surface area contributed by atoms with Crippen molar-refractivity contribution in [2.24, 2.45) is 0 Å². The molecule has 7 unspecified atom stereocenters. The summed E-state index contributed by atoms with van der Waals surface area (Å²) in [7, 11) is 0. The third kappa shape index (κ3) is 48.8. The summed E-state index contributed by atoms with van der Waals surface area (Å²) in [5, 5.41) is 54.4. The average molecular weight is 1160 g/mol. The van der Waals surface area contributed by atoms with Gasteiger partial charge in [0, 0.05) is 12.8 Å². The fourth-order valence-electron chi connectivity index (χ4n) is 10.8. The molecule has 11 nitrogen and oxygen atoms in total. The van der Waals surface area contributed by atoms with Crippen molar-refractivity contribution in [3.63, 3.8) is 0 Å². The highest BCUT2D eigenvalue weighted by atomic mass is 16.7. The van der Waals surface area contributed by atoms with Crippen LogP contribution in [-0.2, 0) is 23.8 Å². The number of carbonyl (C=O) groups excluding carboxylic acids is 2. The average Bonchev–Trinajstić information content (AvgIpc) is 3.68. The SMILES string of the molecule is CCCC/C=C\CCCCCCCC(=O)OCCCCCCCCCCCCCC/C=C\CCCCCCCCCCCCCCCCCCC(=O)NC(COC1OC(CO)C(O)C(O)C1O)C(O)/C=C/CC/C=C/CCCCCCC. The van der Waals surface area contributed by atoms with Crippen LogP contribution in [0.25, 0.3) is 0 Å². The summed E-state index contributed by atoms with van der Waals surface area (Å²) >= 11 is 0. The van der Waals surface area contributed by atoms with Gasteiger partial charge in [-0.25, -0.2) is 0 Å². The van der Waals surface area contributed by atoms with Crippen LogP contribution in [0.5, 0.6) is 0 Å². The lowest BCUT2D eigenvalue weighted by Gasteiger charge is -2.40. The van der Waals surface area contributed by atoms with Gasteiger partial charge in [0.05, 0.1) is 32.0 Å². The van der Waals surface area contributed by atoms with Crippen molar-refractivity contribution in [3.05, 3.63) is 48.6 Å². The number of hydrogen-bond acceptors (Lipinski definition) is 10. The Bertz CT molecular complexity index is 1500. The lowest BCUT2D eigenvalue weighted by Crippen LogP contribution is -2.60. The highest BCUT2D eigenvalue weighted by molar-refractivity contribution is 5.76. The molecule has 0 radical (unpaired) electrons. The van der Waals surface area contributed by atoms with E-state index in [1.807, 2.05) is 6.08 Å². The zero-order valence-electron chi connectivity index (χ0n) is 53.2. The Morgan fingerprint density at radius 2 is 0.805 bits per heavy atom. The maximum Gasteiger partial charge on any atom is 0.305 e. The number of rotatable bonds is 61. The van der Waals surface area contributed by atoms with Gasteiger partial charge in [0.15, 0.2) is 6.29 Å². The minimum Gasteiger partial charge on any atom is -0.466 e. The number of allylic oxidation sites excluding steroid dienone is 7. The first kappa shape index (κ1) is 77.6. The van der Waals surface area contributed by atoms with Crippen molar-refractivity contribution in [3.8, 4) is 0 Å². The number of amides is 1. The molecule has 0 bridgehead atoms. The summed E-state index contributed by atoms with van der Waals surface area (Å²) in [6.45, 7) is 4.29. The summed E-state index contributed by atoms with van der Waals surface area (Å²) < 4.78 is 16.7. The largest absolute Gasteiger partial charge is 0.466 e. The van der Waals surface area contributed by atoms with Crippen LogP contribution < -0.4 is 5.32 Å². The van der Waals surface area contributed by atoms with Crippen molar-refractivity contribution in [2.75, 3.05) is 19.8 Å². The van der Waals surface area contributed by atoms with Crippen molar-refractivity contribution in [1.29, 1.82) is 0 Å². The molecule has 1 fully saturated rings. The van der Waals surface area contributed by atoms with Gasteiger partial charge in [-0.3, -0.25) is 9.59 Å². The third-order valence-corrected chi connectivity index (χ3v) is 16.4. The molecule has 0 aromatic carbocycles. The van der Waals surface area contributed by atoms with E-state index in [9.17, 15) is 35.1 Å². The van der Waals surface area contributed by atoms with Crippen molar-refractivity contribution in [2.45, 2.75) is 371 Å².